The molecule has 0 atom stereocenters. The molecule has 4 rings (SSSR count). The van der Waals surface area contributed by atoms with Gasteiger partial charge in [0.1, 0.15) is 11.5 Å². The fraction of sp³-hybridized carbons (Fsp3) is 0. The first-order chi connectivity index (χ1) is 13.0. The van der Waals surface area contributed by atoms with E-state index in [4.69, 9.17) is 4.74 Å². The van der Waals surface area contributed by atoms with Crippen molar-refractivity contribution in [2.45, 2.75) is 0 Å². The van der Waals surface area contributed by atoms with Crippen molar-refractivity contribution in [1.29, 1.82) is 0 Å². The van der Waals surface area contributed by atoms with Gasteiger partial charge in [-0.25, -0.2) is 4.90 Å². The molecule has 0 saturated heterocycles. The van der Waals surface area contributed by atoms with Crippen LogP contribution in [0.1, 0.15) is 31.1 Å². The molecule has 0 saturated carbocycles. The van der Waals surface area contributed by atoms with Gasteiger partial charge in [0.2, 0.25) is 0 Å². The van der Waals surface area contributed by atoms with E-state index in [1.54, 1.807) is 24.3 Å². The molecule has 1 aliphatic heterocycles. The predicted molar refractivity (Wildman–Crippen MR) is 94.9 cm³/mol. The number of para-hydroxylation sites is 1. The van der Waals surface area contributed by atoms with Crippen molar-refractivity contribution >= 4 is 23.5 Å². The fourth-order valence-corrected chi connectivity index (χ4v) is 2.89. The second kappa shape index (κ2) is 6.42. The molecule has 0 unspecified atom stereocenters. The summed E-state index contributed by atoms with van der Waals surface area (Å²) < 4.78 is 5.72. The lowest BCUT2D eigenvalue weighted by atomic mass is 10.1. The summed E-state index contributed by atoms with van der Waals surface area (Å²) >= 11 is 0. The van der Waals surface area contributed by atoms with Gasteiger partial charge in [0.25, 0.3) is 11.8 Å². The number of aromatic carboxylic acids is 1. The Hall–Kier alpha value is -3.93. The number of rotatable bonds is 4. The molecule has 132 valence electrons. The Balaban J connectivity index is 1.65. The number of carbonyl (C=O) groups is 3. The normalized spacial score (nSPS) is 12.8. The Morgan fingerprint density at radius 3 is 2.11 bits per heavy atom. The van der Waals surface area contributed by atoms with Crippen LogP contribution < -0.4 is 14.7 Å². The highest BCUT2D eigenvalue weighted by Gasteiger charge is 2.37. The number of nitrogens with zero attached hydrogens (tertiary/aromatic N) is 1. The summed E-state index contributed by atoms with van der Waals surface area (Å²) in [6.45, 7) is 0. The number of imide groups is 1. The maximum Gasteiger partial charge on any atom is 0.266 e. The highest BCUT2D eigenvalue weighted by Crippen LogP contribution is 2.32. The van der Waals surface area contributed by atoms with Crippen LogP contribution in [0.15, 0.2) is 72.8 Å². The summed E-state index contributed by atoms with van der Waals surface area (Å²) in [4.78, 5) is 37.2. The first-order valence-electron chi connectivity index (χ1n) is 8.12. The number of carbonyl (C=O) groups excluding carboxylic acids is 3. The van der Waals surface area contributed by atoms with Crippen LogP contribution in [-0.4, -0.2) is 17.8 Å². The van der Waals surface area contributed by atoms with Crippen LogP contribution in [-0.2, 0) is 0 Å². The third-order valence-electron chi connectivity index (χ3n) is 4.20. The lowest BCUT2D eigenvalue weighted by molar-refractivity contribution is -0.255. The number of ether oxygens (including phenoxy) is 1. The molecule has 2 amide bonds. The van der Waals surface area contributed by atoms with Gasteiger partial charge in [-0.2, -0.15) is 0 Å². The van der Waals surface area contributed by atoms with E-state index in [1.165, 1.54) is 30.3 Å². The minimum atomic E-state index is -1.33. The Kier molecular flexibility index (Phi) is 3.93. The zero-order valence-electron chi connectivity index (χ0n) is 13.9. The van der Waals surface area contributed by atoms with E-state index < -0.39 is 17.8 Å². The van der Waals surface area contributed by atoms with Crippen LogP contribution >= 0.6 is 0 Å². The molecule has 1 heterocycles. The molecule has 3 aromatic carbocycles. The molecule has 3 aromatic rings. The van der Waals surface area contributed by atoms with Crippen molar-refractivity contribution in [2.24, 2.45) is 0 Å². The monoisotopic (exact) mass is 358 g/mol. The Morgan fingerprint density at radius 1 is 0.778 bits per heavy atom. The molecule has 6 heteroatoms. The lowest BCUT2D eigenvalue weighted by Crippen LogP contribution is -2.29. The molecule has 0 spiro atoms. The molecule has 0 aromatic heterocycles. The maximum atomic E-state index is 12.8. The molecule has 0 radical (unpaired) electrons. The Bertz CT molecular complexity index is 1060. The Labute approximate surface area is 154 Å². The van der Waals surface area contributed by atoms with Crippen LogP contribution in [0.5, 0.6) is 11.5 Å². The van der Waals surface area contributed by atoms with E-state index in [-0.39, 0.29) is 22.4 Å². The summed E-state index contributed by atoms with van der Waals surface area (Å²) in [7, 11) is 0. The molecular weight excluding hydrogens is 346 g/mol. The van der Waals surface area contributed by atoms with Crippen molar-refractivity contribution < 1.29 is 24.2 Å². The third-order valence-corrected chi connectivity index (χ3v) is 4.20. The van der Waals surface area contributed by atoms with Gasteiger partial charge < -0.3 is 14.6 Å². The molecule has 0 N–H and O–H groups in total. The van der Waals surface area contributed by atoms with Gasteiger partial charge >= 0.3 is 0 Å². The summed E-state index contributed by atoms with van der Waals surface area (Å²) in [5.41, 5.74) is 0.757. The SMILES string of the molecule is O=C([O-])c1ccc(N2C(=O)c3ccc(Oc4ccccc4)cc3C2=O)cc1. The molecule has 0 fully saturated rings. The second-order valence-corrected chi connectivity index (χ2v) is 5.90. The summed E-state index contributed by atoms with van der Waals surface area (Å²) in [5.74, 6) is -1.23. The third kappa shape index (κ3) is 2.93. The summed E-state index contributed by atoms with van der Waals surface area (Å²) in [5, 5.41) is 10.9. The number of hydrogen-bond donors (Lipinski definition) is 0. The smallest absolute Gasteiger partial charge is 0.266 e. The van der Waals surface area contributed by atoms with Gasteiger partial charge in [-0.05, 0) is 48.0 Å². The fourth-order valence-electron chi connectivity index (χ4n) is 2.89. The van der Waals surface area contributed by atoms with E-state index in [9.17, 15) is 19.5 Å². The van der Waals surface area contributed by atoms with Gasteiger partial charge in [-0.3, -0.25) is 9.59 Å². The molecule has 27 heavy (non-hydrogen) atoms. The number of carboxylic acid groups (broad SMARTS) is 1. The summed E-state index contributed by atoms with van der Waals surface area (Å²) in [6.07, 6.45) is 0. The minimum Gasteiger partial charge on any atom is -0.545 e. The van der Waals surface area contributed by atoms with Crippen molar-refractivity contribution in [3.63, 3.8) is 0 Å². The number of carboxylic acids is 1. The number of fused-ring (bicyclic) bond motifs is 1. The maximum absolute atomic E-state index is 12.8. The van der Waals surface area contributed by atoms with E-state index in [1.807, 2.05) is 18.2 Å². The first-order valence-corrected chi connectivity index (χ1v) is 8.12. The molecule has 1 aliphatic rings. The van der Waals surface area contributed by atoms with Crippen molar-refractivity contribution in [2.75, 3.05) is 4.90 Å². The molecule has 0 bridgehead atoms. The van der Waals surface area contributed by atoms with Crippen LogP contribution in [0.4, 0.5) is 5.69 Å². The van der Waals surface area contributed by atoms with Gasteiger partial charge in [0.05, 0.1) is 22.8 Å². The summed E-state index contributed by atoms with van der Waals surface area (Å²) in [6, 6.07) is 19.2. The highest BCUT2D eigenvalue weighted by atomic mass is 16.5. The van der Waals surface area contributed by atoms with Gasteiger partial charge in [-0.1, -0.05) is 30.3 Å². The van der Waals surface area contributed by atoms with Crippen molar-refractivity contribution in [3.8, 4) is 11.5 Å². The minimum absolute atomic E-state index is 0.0334. The molecular formula is C21H12NO5-. The zero-order chi connectivity index (χ0) is 19.0. The van der Waals surface area contributed by atoms with E-state index in [2.05, 4.69) is 0 Å². The standard InChI is InChI=1S/C21H13NO5/c23-19-17-11-10-16(27-15-4-2-1-3-5-15)12-18(17)20(24)22(19)14-8-6-13(7-9-14)21(25)26/h1-12H,(H,25,26)/p-1. The van der Waals surface area contributed by atoms with Gasteiger partial charge in [0.15, 0.2) is 0 Å². The number of anilines is 1. The lowest BCUT2D eigenvalue weighted by Gasteiger charge is -2.14. The van der Waals surface area contributed by atoms with Gasteiger partial charge in [0, 0.05) is 0 Å². The van der Waals surface area contributed by atoms with E-state index in [0.29, 0.717) is 11.5 Å². The van der Waals surface area contributed by atoms with Crippen molar-refractivity contribution in [1.82, 2.24) is 0 Å². The largest absolute Gasteiger partial charge is 0.545 e. The van der Waals surface area contributed by atoms with Crippen LogP contribution in [0.25, 0.3) is 0 Å². The average molecular weight is 358 g/mol. The Morgan fingerprint density at radius 2 is 1.44 bits per heavy atom. The topological polar surface area (TPSA) is 86.7 Å². The average Bonchev–Trinajstić information content (AvgIpc) is 2.93. The van der Waals surface area contributed by atoms with E-state index in [0.717, 1.165) is 4.90 Å². The zero-order valence-corrected chi connectivity index (χ0v) is 13.9. The van der Waals surface area contributed by atoms with E-state index >= 15 is 0 Å². The second-order valence-electron chi connectivity index (χ2n) is 5.90. The predicted octanol–water partition coefficient (Wildman–Crippen LogP) is 2.64. The quantitative estimate of drug-likeness (QED) is 0.669. The van der Waals surface area contributed by atoms with Crippen molar-refractivity contribution in [3.05, 3.63) is 89.5 Å². The first kappa shape index (κ1) is 16.5. The van der Waals surface area contributed by atoms with Crippen LogP contribution in [0, 0.1) is 0 Å². The molecule has 0 aliphatic carbocycles. The number of amides is 2. The number of benzene rings is 3. The van der Waals surface area contributed by atoms with Crippen LogP contribution in [0.3, 0.4) is 0 Å². The van der Waals surface area contributed by atoms with Crippen LogP contribution in [0.2, 0.25) is 0 Å². The molecule has 6 nitrogen and oxygen atoms in total. The van der Waals surface area contributed by atoms with Gasteiger partial charge in [-0.15, -0.1) is 0 Å². The number of hydrogen-bond acceptors (Lipinski definition) is 5. The highest BCUT2D eigenvalue weighted by molar-refractivity contribution is 6.34.